The molecule has 3 aromatic rings. The molecule has 1 fully saturated rings. The molecule has 1 atom stereocenters. The number of anilines is 1. The molecule has 0 unspecified atom stereocenters. The first-order chi connectivity index (χ1) is 19.6. The zero-order chi connectivity index (χ0) is 29.9. The van der Waals surface area contributed by atoms with Crippen LogP contribution in [0.2, 0.25) is 0 Å². The monoisotopic (exact) mass is 580 g/mol. The SMILES string of the molecule is C=N/C(=C\C=C(/C)S(=O)(=O)CC)CNc1nc2c(CO)nc(-c3c(C)ncnc3C3CC3)nc2n([C@H](C)CC)c1=O. The van der Waals surface area contributed by atoms with E-state index in [1.54, 1.807) is 11.5 Å². The van der Waals surface area contributed by atoms with E-state index in [1.807, 2.05) is 20.8 Å². The van der Waals surface area contributed by atoms with E-state index < -0.39 is 22.0 Å². The van der Waals surface area contributed by atoms with Crippen molar-refractivity contribution in [2.45, 2.75) is 72.4 Å². The lowest BCUT2D eigenvalue weighted by molar-refractivity contribution is 0.278. The van der Waals surface area contributed by atoms with Gasteiger partial charge in [-0.25, -0.2) is 33.3 Å². The van der Waals surface area contributed by atoms with Gasteiger partial charge in [0, 0.05) is 16.9 Å². The van der Waals surface area contributed by atoms with Gasteiger partial charge in [-0.3, -0.25) is 14.4 Å². The molecule has 1 aliphatic rings. The van der Waals surface area contributed by atoms with Crippen molar-refractivity contribution in [3.05, 3.63) is 56.5 Å². The molecular weight excluding hydrogens is 544 g/mol. The van der Waals surface area contributed by atoms with Gasteiger partial charge in [-0.2, -0.15) is 0 Å². The molecule has 0 radical (unpaired) electrons. The number of hydrogen-bond acceptors (Lipinski definition) is 11. The van der Waals surface area contributed by atoms with Crippen molar-refractivity contribution in [1.29, 1.82) is 0 Å². The van der Waals surface area contributed by atoms with Crippen molar-refractivity contribution in [2.24, 2.45) is 4.99 Å². The van der Waals surface area contributed by atoms with E-state index in [2.05, 4.69) is 37.0 Å². The summed E-state index contributed by atoms with van der Waals surface area (Å²) in [6, 6.07) is -0.240. The summed E-state index contributed by atoms with van der Waals surface area (Å²) < 4.78 is 25.7. The molecule has 12 nitrogen and oxygen atoms in total. The van der Waals surface area contributed by atoms with Crippen LogP contribution in [-0.2, 0) is 16.4 Å². The van der Waals surface area contributed by atoms with Crippen LogP contribution in [0.3, 0.4) is 0 Å². The summed E-state index contributed by atoms with van der Waals surface area (Å²) >= 11 is 0. The molecular formula is C28H36N8O4S. The fourth-order valence-electron chi connectivity index (χ4n) is 4.39. The summed E-state index contributed by atoms with van der Waals surface area (Å²) in [7, 11) is -3.33. The maximum atomic E-state index is 13.8. The van der Waals surface area contributed by atoms with Crippen LogP contribution >= 0.6 is 0 Å². The third-order valence-corrected chi connectivity index (χ3v) is 9.14. The van der Waals surface area contributed by atoms with Crippen LogP contribution in [0.1, 0.15) is 76.0 Å². The number of sulfone groups is 1. The third-order valence-electron chi connectivity index (χ3n) is 7.27. The number of aliphatic hydroxyl groups excluding tert-OH is 1. The number of nitrogens with zero attached hydrogens (tertiary/aromatic N) is 7. The van der Waals surface area contributed by atoms with E-state index in [4.69, 9.17) is 4.98 Å². The molecule has 1 aliphatic carbocycles. The van der Waals surface area contributed by atoms with Crippen molar-refractivity contribution in [3.63, 3.8) is 0 Å². The minimum Gasteiger partial charge on any atom is -0.390 e. The van der Waals surface area contributed by atoms with E-state index >= 15 is 0 Å². The van der Waals surface area contributed by atoms with Gasteiger partial charge in [0.25, 0.3) is 5.56 Å². The summed E-state index contributed by atoms with van der Waals surface area (Å²) in [6.45, 7) is 12.0. The first-order valence-corrected chi connectivity index (χ1v) is 15.3. The molecule has 218 valence electrons. The van der Waals surface area contributed by atoms with Crippen molar-refractivity contribution in [1.82, 2.24) is 29.5 Å². The Kier molecular flexibility index (Phi) is 9.08. The largest absolute Gasteiger partial charge is 0.390 e. The van der Waals surface area contributed by atoms with Gasteiger partial charge in [-0.1, -0.05) is 13.8 Å². The van der Waals surface area contributed by atoms with Crippen LogP contribution in [0.25, 0.3) is 22.6 Å². The molecule has 0 spiro atoms. The molecule has 4 rings (SSSR count). The summed E-state index contributed by atoms with van der Waals surface area (Å²) in [6.07, 6.45) is 7.22. The molecule has 2 N–H and O–H groups in total. The van der Waals surface area contributed by atoms with Crippen molar-refractivity contribution in [3.8, 4) is 11.4 Å². The lowest BCUT2D eigenvalue weighted by atomic mass is 10.1. The van der Waals surface area contributed by atoms with Gasteiger partial charge >= 0.3 is 0 Å². The number of fused-ring (bicyclic) bond motifs is 1. The number of hydrogen-bond donors (Lipinski definition) is 2. The van der Waals surface area contributed by atoms with Crippen LogP contribution < -0.4 is 10.9 Å². The third kappa shape index (κ3) is 6.25. The Hall–Kier alpha value is -3.84. The van der Waals surface area contributed by atoms with Gasteiger partial charge < -0.3 is 10.4 Å². The molecule has 0 aromatic carbocycles. The first kappa shape index (κ1) is 30.1. The molecule has 0 bridgehead atoms. The highest BCUT2D eigenvalue weighted by atomic mass is 32.2. The highest BCUT2D eigenvalue weighted by Gasteiger charge is 2.31. The Morgan fingerprint density at radius 3 is 2.59 bits per heavy atom. The lowest BCUT2D eigenvalue weighted by Crippen LogP contribution is -2.29. The van der Waals surface area contributed by atoms with E-state index in [9.17, 15) is 18.3 Å². The quantitative estimate of drug-likeness (QED) is 0.239. The Morgan fingerprint density at radius 2 is 1.98 bits per heavy atom. The number of aryl methyl sites for hydroxylation is 1. The minimum absolute atomic E-state index is 0.00975. The zero-order valence-electron chi connectivity index (χ0n) is 24.0. The number of aromatic nitrogens is 6. The Balaban J connectivity index is 1.83. The summed E-state index contributed by atoms with van der Waals surface area (Å²) in [5, 5.41) is 13.3. The zero-order valence-corrected chi connectivity index (χ0v) is 24.9. The maximum Gasteiger partial charge on any atom is 0.295 e. The molecule has 13 heteroatoms. The highest BCUT2D eigenvalue weighted by Crippen LogP contribution is 2.43. The fraction of sp³-hybridized carbons (Fsp3) is 0.464. The van der Waals surface area contributed by atoms with Gasteiger partial charge in [0.1, 0.15) is 11.8 Å². The molecule has 0 amide bonds. The summed E-state index contributed by atoms with van der Waals surface area (Å²) in [4.78, 5) is 40.8. The maximum absolute atomic E-state index is 13.8. The second-order valence-corrected chi connectivity index (χ2v) is 12.5. The van der Waals surface area contributed by atoms with Crippen molar-refractivity contribution < 1.29 is 13.5 Å². The molecule has 3 heterocycles. The number of aliphatic hydroxyl groups is 1. The van der Waals surface area contributed by atoms with Gasteiger partial charge in [-0.15, -0.1) is 0 Å². The fourth-order valence-corrected chi connectivity index (χ4v) is 5.12. The number of aliphatic imine (C=N–C) groups is 1. The topological polar surface area (TPSA) is 165 Å². The first-order valence-electron chi connectivity index (χ1n) is 13.6. The molecule has 0 saturated heterocycles. The van der Waals surface area contributed by atoms with Crippen LogP contribution in [0.15, 0.2) is 38.9 Å². The van der Waals surface area contributed by atoms with E-state index in [0.717, 1.165) is 29.8 Å². The average Bonchev–Trinajstić information content (AvgIpc) is 3.81. The van der Waals surface area contributed by atoms with E-state index in [-0.39, 0.29) is 34.8 Å². The highest BCUT2D eigenvalue weighted by molar-refractivity contribution is 7.95. The van der Waals surface area contributed by atoms with Gasteiger partial charge in [-0.05, 0) is 58.9 Å². The molecule has 3 aromatic heterocycles. The predicted molar refractivity (Wildman–Crippen MR) is 160 cm³/mol. The van der Waals surface area contributed by atoms with Crippen LogP contribution in [-0.4, -0.2) is 62.0 Å². The van der Waals surface area contributed by atoms with Crippen molar-refractivity contribution in [2.75, 3.05) is 17.6 Å². The molecule has 1 saturated carbocycles. The van der Waals surface area contributed by atoms with Gasteiger partial charge in [0.2, 0.25) is 0 Å². The smallest absolute Gasteiger partial charge is 0.295 e. The van der Waals surface area contributed by atoms with Gasteiger partial charge in [0.15, 0.2) is 27.1 Å². The predicted octanol–water partition coefficient (Wildman–Crippen LogP) is 3.63. The summed E-state index contributed by atoms with van der Waals surface area (Å²) in [5.41, 5.74) is 3.21. The van der Waals surface area contributed by atoms with Crippen LogP contribution in [0, 0.1) is 6.92 Å². The lowest BCUT2D eigenvalue weighted by Gasteiger charge is -2.19. The van der Waals surface area contributed by atoms with Crippen LogP contribution in [0.4, 0.5) is 5.82 Å². The Bertz CT molecular complexity index is 1710. The van der Waals surface area contributed by atoms with E-state index in [1.165, 1.54) is 25.4 Å². The van der Waals surface area contributed by atoms with E-state index in [0.29, 0.717) is 35.0 Å². The standard InChI is InChI=1S/C28H36N8O4S/c1-7-16(3)36-27-24(21(14-37)33-25(35-27)22-18(5)31-15-32-23(22)19-10-11-19)34-26(28(36)38)30-13-20(29-6)12-9-17(4)41(39,40)8-2/h9,12,15-16,19,37H,6-8,10-11,13-14H2,1-5H3,(H,30,34)/b17-9+,20-12-/t16-/m1/s1. The Morgan fingerprint density at radius 1 is 1.24 bits per heavy atom. The normalized spacial score (nSPS) is 15.3. The number of rotatable bonds is 12. The second kappa shape index (κ2) is 12.4. The minimum atomic E-state index is -3.33. The molecule has 0 aliphatic heterocycles. The summed E-state index contributed by atoms with van der Waals surface area (Å²) in [5.74, 6) is 0.680. The second-order valence-electron chi connectivity index (χ2n) is 10.1. The van der Waals surface area contributed by atoms with Gasteiger partial charge in [0.05, 0.1) is 47.2 Å². The average molecular weight is 581 g/mol. The van der Waals surface area contributed by atoms with Crippen LogP contribution in [0.5, 0.6) is 0 Å². The molecule has 41 heavy (non-hydrogen) atoms. The number of allylic oxidation sites excluding steroid dienone is 3. The Labute approximate surface area is 239 Å². The number of nitrogens with one attached hydrogen (secondary N) is 1. The van der Waals surface area contributed by atoms with Crippen molar-refractivity contribution >= 4 is 33.5 Å².